The molecule has 2 aromatic carbocycles. The molecule has 2 heterocycles. The monoisotopic (exact) mass is 423 g/mol. The molecule has 3 aromatic rings. The number of nitrogens with zero attached hydrogens (tertiary/aromatic N) is 1. The summed E-state index contributed by atoms with van der Waals surface area (Å²) in [5.41, 5.74) is 4.22. The Bertz CT molecular complexity index is 992. The van der Waals surface area contributed by atoms with Gasteiger partial charge in [-0.2, -0.15) is 0 Å². The normalized spacial score (nSPS) is 15.5. The number of para-hydroxylation sites is 1. The number of rotatable bonds is 4. The Morgan fingerprint density at radius 2 is 2.00 bits per heavy atom. The summed E-state index contributed by atoms with van der Waals surface area (Å²) in [5, 5.41) is 6.44. The number of aryl methyl sites for hydroxylation is 1. The van der Waals surface area contributed by atoms with Gasteiger partial charge in [-0.1, -0.05) is 34.1 Å². The minimum absolute atomic E-state index is 0.104. The van der Waals surface area contributed by atoms with Crippen molar-refractivity contribution >= 4 is 27.5 Å². The molecule has 0 saturated heterocycles. The SMILES string of the molecule is Cc1cccc2c1N[C@@H](c1cc(Br)ccc1OCc1ccccn1)NC2=O. The van der Waals surface area contributed by atoms with Crippen LogP contribution in [0.5, 0.6) is 5.75 Å². The van der Waals surface area contributed by atoms with Crippen LogP contribution < -0.4 is 15.4 Å². The lowest BCUT2D eigenvalue weighted by Crippen LogP contribution is -2.39. The van der Waals surface area contributed by atoms with Gasteiger partial charge in [-0.15, -0.1) is 0 Å². The zero-order chi connectivity index (χ0) is 18.8. The molecule has 1 atom stereocenters. The fraction of sp³-hybridized carbons (Fsp3) is 0.143. The van der Waals surface area contributed by atoms with Gasteiger partial charge in [-0.05, 0) is 48.9 Å². The van der Waals surface area contributed by atoms with Crippen molar-refractivity contribution < 1.29 is 9.53 Å². The van der Waals surface area contributed by atoms with Gasteiger partial charge in [0.05, 0.1) is 16.9 Å². The molecule has 0 spiro atoms. The number of hydrogen-bond donors (Lipinski definition) is 2. The lowest BCUT2D eigenvalue weighted by molar-refractivity contribution is 0.0935. The van der Waals surface area contributed by atoms with E-state index in [1.54, 1.807) is 6.20 Å². The molecule has 0 aliphatic carbocycles. The molecule has 1 aromatic heterocycles. The number of fused-ring (bicyclic) bond motifs is 1. The van der Waals surface area contributed by atoms with Gasteiger partial charge in [0.1, 0.15) is 18.5 Å². The average molecular weight is 424 g/mol. The molecule has 0 fully saturated rings. The van der Waals surface area contributed by atoms with E-state index in [-0.39, 0.29) is 12.1 Å². The van der Waals surface area contributed by atoms with E-state index >= 15 is 0 Å². The Labute approximate surface area is 165 Å². The van der Waals surface area contributed by atoms with Crippen molar-refractivity contribution in [3.63, 3.8) is 0 Å². The minimum Gasteiger partial charge on any atom is -0.487 e. The van der Waals surface area contributed by atoms with Gasteiger partial charge >= 0.3 is 0 Å². The topological polar surface area (TPSA) is 63.2 Å². The van der Waals surface area contributed by atoms with Crippen molar-refractivity contribution in [1.29, 1.82) is 0 Å². The third-order valence-electron chi connectivity index (χ3n) is 4.47. The van der Waals surface area contributed by atoms with E-state index < -0.39 is 0 Å². The fourth-order valence-corrected chi connectivity index (χ4v) is 3.48. The molecular formula is C21H18BrN3O2. The van der Waals surface area contributed by atoms with E-state index in [4.69, 9.17) is 4.74 Å². The molecule has 1 amide bonds. The number of anilines is 1. The second kappa shape index (κ2) is 7.40. The van der Waals surface area contributed by atoms with E-state index in [2.05, 4.69) is 31.5 Å². The number of pyridine rings is 1. The number of carbonyl (C=O) groups is 1. The van der Waals surface area contributed by atoms with Crippen molar-refractivity contribution in [2.24, 2.45) is 0 Å². The molecule has 136 valence electrons. The quantitative estimate of drug-likeness (QED) is 0.644. The van der Waals surface area contributed by atoms with Gasteiger partial charge < -0.3 is 15.4 Å². The summed E-state index contributed by atoms with van der Waals surface area (Å²) in [7, 11) is 0. The number of hydrogen-bond acceptors (Lipinski definition) is 4. The van der Waals surface area contributed by atoms with Crippen LogP contribution in [0.25, 0.3) is 0 Å². The molecule has 2 N–H and O–H groups in total. The van der Waals surface area contributed by atoms with Gasteiger partial charge in [0.25, 0.3) is 5.91 Å². The summed E-state index contributed by atoms with van der Waals surface area (Å²) >= 11 is 3.51. The van der Waals surface area contributed by atoms with Crippen molar-refractivity contribution in [2.45, 2.75) is 19.7 Å². The highest BCUT2D eigenvalue weighted by Gasteiger charge is 2.27. The first kappa shape index (κ1) is 17.5. The molecule has 1 aliphatic rings. The van der Waals surface area contributed by atoms with Crippen LogP contribution in [0, 0.1) is 6.92 Å². The lowest BCUT2D eigenvalue weighted by Gasteiger charge is -2.30. The van der Waals surface area contributed by atoms with E-state index in [9.17, 15) is 4.79 Å². The van der Waals surface area contributed by atoms with E-state index in [0.29, 0.717) is 17.9 Å². The lowest BCUT2D eigenvalue weighted by atomic mass is 10.0. The maximum Gasteiger partial charge on any atom is 0.255 e. The Hall–Kier alpha value is -2.86. The highest BCUT2D eigenvalue weighted by Crippen LogP contribution is 2.34. The van der Waals surface area contributed by atoms with Gasteiger partial charge in [0.15, 0.2) is 0 Å². The van der Waals surface area contributed by atoms with Crippen LogP contribution >= 0.6 is 15.9 Å². The predicted molar refractivity (Wildman–Crippen MR) is 108 cm³/mol. The smallest absolute Gasteiger partial charge is 0.255 e. The second-order valence-electron chi connectivity index (χ2n) is 6.34. The van der Waals surface area contributed by atoms with E-state index in [1.807, 2.05) is 61.5 Å². The van der Waals surface area contributed by atoms with Crippen LogP contribution in [-0.2, 0) is 6.61 Å². The van der Waals surface area contributed by atoms with Crippen molar-refractivity contribution in [3.05, 3.63) is 87.7 Å². The van der Waals surface area contributed by atoms with Crippen LogP contribution in [0.1, 0.15) is 33.3 Å². The number of nitrogens with one attached hydrogen (secondary N) is 2. The number of aromatic nitrogens is 1. The highest BCUT2D eigenvalue weighted by molar-refractivity contribution is 9.10. The van der Waals surface area contributed by atoms with Crippen molar-refractivity contribution in [2.75, 3.05) is 5.32 Å². The second-order valence-corrected chi connectivity index (χ2v) is 7.26. The first-order chi connectivity index (χ1) is 13.1. The van der Waals surface area contributed by atoms with E-state index in [0.717, 1.165) is 27.0 Å². The Morgan fingerprint density at radius 1 is 1.11 bits per heavy atom. The Morgan fingerprint density at radius 3 is 2.81 bits per heavy atom. The molecular weight excluding hydrogens is 406 g/mol. The number of ether oxygens (including phenoxy) is 1. The fourth-order valence-electron chi connectivity index (χ4n) is 3.10. The zero-order valence-electron chi connectivity index (χ0n) is 14.7. The number of benzene rings is 2. The van der Waals surface area contributed by atoms with Crippen LogP contribution in [0.3, 0.4) is 0 Å². The maximum absolute atomic E-state index is 12.6. The Balaban J connectivity index is 1.64. The first-order valence-electron chi connectivity index (χ1n) is 8.61. The summed E-state index contributed by atoms with van der Waals surface area (Å²) in [6, 6.07) is 17.2. The highest BCUT2D eigenvalue weighted by atomic mass is 79.9. The van der Waals surface area contributed by atoms with Crippen molar-refractivity contribution in [3.8, 4) is 5.75 Å². The van der Waals surface area contributed by atoms with Gasteiger partial charge in [-0.3, -0.25) is 9.78 Å². The van der Waals surface area contributed by atoms with Crippen LogP contribution in [-0.4, -0.2) is 10.9 Å². The van der Waals surface area contributed by atoms with E-state index in [1.165, 1.54) is 0 Å². The van der Waals surface area contributed by atoms with Crippen LogP contribution in [0.2, 0.25) is 0 Å². The third kappa shape index (κ3) is 3.66. The van der Waals surface area contributed by atoms with Gasteiger partial charge in [-0.25, -0.2) is 0 Å². The summed E-state index contributed by atoms with van der Waals surface area (Å²) in [4.78, 5) is 16.9. The maximum atomic E-state index is 12.6. The zero-order valence-corrected chi connectivity index (χ0v) is 16.3. The van der Waals surface area contributed by atoms with Crippen LogP contribution in [0.15, 0.2) is 65.3 Å². The number of amides is 1. The van der Waals surface area contributed by atoms with Gasteiger partial charge in [0.2, 0.25) is 0 Å². The standard InChI is InChI=1S/C21H18BrN3O2/c1-13-5-4-7-16-19(13)24-20(25-21(16)26)17-11-14(22)8-9-18(17)27-12-15-6-2-3-10-23-15/h2-11,20,24H,12H2,1H3,(H,25,26)/t20-/m1/s1. The summed E-state index contributed by atoms with van der Waals surface area (Å²) in [5.74, 6) is 0.590. The Kier molecular flexibility index (Phi) is 4.81. The molecule has 0 unspecified atom stereocenters. The molecule has 4 rings (SSSR count). The molecule has 1 aliphatic heterocycles. The molecule has 5 nitrogen and oxygen atoms in total. The summed E-state index contributed by atoms with van der Waals surface area (Å²) in [6.45, 7) is 2.34. The molecule has 0 saturated carbocycles. The molecule has 6 heteroatoms. The summed E-state index contributed by atoms with van der Waals surface area (Å²) < 4.78 is 6.92. The van der Waals surface area contributed by atoms with Gasteiger partial charge in [0, 0.05) is 16.2 Å². The van der Waals surface area contributed by atoms with Crippen molar-refractivity contribution in [1.82, 2.24) is 10.3 Å². The predicted octanol–water partition coefficient (Wildman–Crippen LogP) is 4.59. The average Bonchev–Trinajstić information content (AvgIpc) is 2.68. The van der Waals surface area contributed by atoms with Crippen LogP contribution in [0.4, 0.5) is 5.69 Å². The minimum atomic E-state index is -0.387. The first-order valence-corrected chi connectivity index (χ1v) is 9.40. The molecule has 0 bridgehead atoms. The molecule has 27 heavy (non-hydrogen) atoms. The molecule has 0 radical (unpaired) electrons. The number of carbonyl (C=O) groups excluding carboxylic acids is 1. The largest absolute Gasteiger partial charge is 0.487 e. The number of halogens is 1. The summed E-state index contributed by atoms with van der Waals surface area (Å²) in [6.07, 6.45) is 1.35. The third-order valence-corrected chi connectivity index (χ3v) is 4.96.